The zero-order valence-electron chi connectivity index (χ0n) is 16.3. The molecule has 10 heteroatoms. The molecule has 1 aliphatic carbocycles. The van der Waals surface area contributed by atoms with E-state index in [0.717, 1.165) is 32.0 Å². The summed E-state index contributed by atoms with van der Waals surface area (Å²) in [4.78, 5) is 25.9. The first-order valence-electron chi connectivity index (χ1n) is 9.86. The molecule has 1 saturated carbocycles. The second-order valence-corrected chi connectivity index (χ2v) is 7.74. The van der Waals surface area contributed by atoms with Gasteiger partial charge in [0.05, 0.1) is 24.3 Å². The van der Waals surface area contributed by atoms with E-state index in [1.807, 2.05) is 0 Å². The summed E-state index contributed by atoms with van der Waals surface area (Å²) < 4.78 is 51.6. The van der Waals surface area contributed by atoms with E-state index < -0.39 is 18.0 Å². The molecule has 2 aliphatic heterocycles. The number of carboxylic acids is 1. The van der Waals surface area contributed by atoms with Crippen molar-refractivity contribution < 1.29 is 37.0 Å². The van der Waals surface area contributed by atoms with Gasteiger partial charge in [0, 0.05) is 26.2 Å². The Morgan fingerprint density at radius 2 is 1.80 bits per heavy atom. The number of rotatable bonds is 3. The van der Waals surface area contributed by atoms with Crippen molar-refractivity contribution in [3.63, 3.8) is 0 Å². The van der Waals surface area contributed by atoms with E-state index >= 15 is 0 Å². The van der Waals surface area contributed by atoms with Crippen molar-refractivity contribution in [2.75, 3.05) is 32.8 Å². The number of hydrogen-bond acceptors (Lipinski definition) is 4. The molecular formula is C20H24F4N2O4. The SMILES string of the molecule is O=C(O)C(F)(F)F.O=C(c1ccccc1F)N1CC[C@@H]2OCCN(CC3CC3)[C@H]2C1. The summed E-state index contributed by atoms with van der Waals surface area (Å²) in [7, 11) is 0. The van der Waals surface area contributed by atoms with Crippen molar-refractivity contribution >= 4 is 11.9 Å². The minimum atomic E-state index is -5.08. The van der Waals surface area contributed by atoms with Crippen LogP contribution in [0.3, 0.4) is 0 Å². The number of likely N-dealkylation sites (tertiary alicyclic amines) is 1. The fourth-order valence-electron chi connectivity index (χ4n) is 3.79. The van der Waals surface area contributed by atoms with E-state index in [4.69, 9.17) is 14.6 Å². The molecule has 1 aromatic carbocycles. The molecular weight excluding hydrogens is 408 g/mol. The first-order chi connectivity index (χ1) is 14.2. The molecule has 2 heterocycles. The Bertz CT molecular complexity index is 769. The van der Waals surface area contributed by atoms with E-state index in [1.165, 1.54) is 18.9 Å². The Hall–Kier alpha value is -2.20. The van der Waals surface area contributed by atoms with E-state index in [-0.39, 0.29) is 23.6 Å². The number of benzene rings is 1. The maximum atomic E-state index is 13.9. The summed E-state index contributed by atoms with van der Waals surface area (Å²) in [6, 6.07) is 6.51. The number of piperidine rings is 1. The molecule has 4 rings (SSSR count). The molecule has 0 unspecified atom stereocenters. The standard InChI is InChI=1S/C18H23FN2O2.C2HF3O2/c19-15-4-2-1-3-14(15)18(22)21-8-7-17-16(12-21)20(9-10-23-17)11-13-5-6-13;3-2(4,5)1(6)7/h1-4,13,16-17H,5-12H2;(H,6,7)/t16-,17-;/m0./s1. The van der Waals surface area contributed by atoms with Gasteiger partial charge in [0.2, 0.25) is 0 Å². The van der Waals surface area contributed by atoms with Gasteiger partial charge in [0.1, 0.15) is 5.82 Å². The highest BCUT2D eigenvalue weighted by Crippen LogP contribution is 2.33. The first-order valence-corrected chi connectivity index (χ1v) is 9.86. The number of carboxylic acid groups (broad SMARTS) is 1. The molecule has 0 bridgehead atoms. The van der Waals surface area contributed by atoms with Crippen molar-refractivity contribution in [2.24, 2.45) is 5.92 Å². The number of nitrogens with zero attached hydrogens (tertiary/aromatic N) is 2. The fourth-order valence-corrected chi connectivity index (χ4v) is 3.79. The molecule has 0 spiro atoms. The molecule has 6 nitrogen and oxygen atoms in total. The second kappa shape index (κ2) is 9.30. The van der Waals surface area contributed by atoms with E-state index in [2.05, 4.69) is 4.90 Å². The van der Waals surface area contributed by atoms with Crippen molar-refractivity contribution in [3.8, 4) is 0 Å². The molecule has 1 aromatic rings. The molecule has 166 valence electrons. The van der Waals surface area contributed by atoms with Crippen molar-refractivity contribution in [2.45, 2.75) is 37.6 Å². The van der Waals surface area contributed by atoms with Crippen LogP contribution in [-0.4, -0.2) is 77.9 Å². The Morgan fingerprint density at radius 3 is 2.40 bits per heavy atom. The summed E-state index contributed by atoms with van der Waals surface area (Å²) in [5.41, 5.74) is 0.177. The zero-order valence-corrected chi connectivity index (χ0v) is 16.3. The summed E-state index contributed by atoms with van der Waals surface area (Å²) in [5, 5.41) is 7.12. The number of hydrogen-bond donors (Lipinski definition) is 1. The highest BCUT2D eigenvalue weighted by Gasteiger charge is 2.40. The monoisotopic (exact) mass is 432 g/mol. The number of halogens is 4. The lowest BCUT2D eigenvalue weighted by Crippen LogP contribution is -2.61. The topological polar surface area (TPSA) is 70.1 Å². The van der Waals surface area contributed by atoms with Gasteiger partial charge in [-0.2, -0.15) is 13.2 Å². The minimum Gasteiger partial charge on any atom is -0.475 e. The Morgan fingerprint density at radius 1 is 1.13 bits per heavy atom. The summed E-state index contributed by atoms with van der Waals surface area (Å²) in [6.07, 6.45) is -1.38. The normalized spacial score (nSPS) is 24.5. The third-order valence-electron chi connectivity index (χ3n) is 5.52. The van der Waals surface area contributed by atoms with Crippen LogP contribution >= 0.6 is 0 Å². The number of aliphatic carboxylic acids is 1. The lowest BCUT2D eigenvalue weighted by atomic mass is 9.97. The van der Waals surface area contributed by atoms with Gasteiger partial charge in [-0.1, -0.05) is 12.1 Å². The number of amides is 1. The molecule has 3 fully saturated rings. The molecule has 2 saturated heterocycles. The third-order valence-corrected chi connectivity index (χ3v) is 5.52. The number of alkyl halides is 3. The molecule has 0 radical (unpaired) electrons. The van der Waals surface area contributed by atoms with Crippen LogP contribution in [0.25, 0.3) is 0 Å². The van der Waals surface area contributed by atoms with Crippen molar-refractivity contribution in [1.29, 1.82) is 0 Å². The zero-order chi connectivity index (χ0) is 21.9. The van der Waals surface area contributed by atoms with Gasteiger partial charge < -0.3 is 14.7 Å². The van der Waals surface area contributed by atoms with E-state index in [1.54, 1.807) is 23.1 Å². The smallest absolute Gasteiger partial charge is 0.475 e. The van der Waals surface area contributed by atoms with Crippen LogP contribution in [0.4, 0.5) is 17.6 Å². The van der Waals surface area contributed by atoms with Crippen LogP contribution in [0.1, 0.15) is 29.6 Å². The van der Waals surface area contributed by atoms with Gasteiger partial charge in [-0.05, 0) is 37.3 Å². The Balaban J connectivity index is 0.000000318. The number of morpholine rings is 1. The Kier molecular flexibility index (Phi) is 6.97. The summed E-state index contributed by atoms with van der Waals surface area (Å²) in [5.74, 6) is -2.56. The molecule has 1 N–H and O–H groups in total. The lowest BCUT2D eigenvalue weighted by Gasteiger charge is -2.47. The van der Waals surface area contributed by atoms with Crippen LogP contribution in [-0.2, 0) is 9.53 Å². The number of carbonyl (C=O) groups excluding carboxylic acids is 1. The largest absolute Gasteiger partial charge is 0.490 e. The van der Waals surface area contributed by atoms with Crippen LogP contribution in [0.5, 0.6) is 0 Å². The predicted molar refractivity (Wildman–Crippen MR) is 98.4 cm³/mol. The fraction of sp³-hybridized carbons (Fsp3) is 0.600. The van der Waals surface area contributed by atoms with Crippen LogP contribution in [0, 0.1) is 11.7 Å². The quantitative estimate of drug-likeness (QED) is 0.744. The lowest BCUT2D eigenvalue weighted by molar-refractivity contribution is -0.192. The highest BCUT2D eigenvalue weighted by atomic mass is 19.4. The van der Waals surface area contributed by atoms with Gasteiger partial charge in [-0.3, -0.25) is 9.69 Å². The van der Waals surface area contributed by atoms with Gasteiger partial charge >= 0.3 is 12.1 Å². The number of carbonyl (C=O) groups is 2. The van der Waals surface area contributed by atoms with Crippen LogP contribution in [0.2, 0.25) is 0 Å². The molecule has 30 heavy (non-hydrogen) atoms. The van der Waals surface area contributed by atoms with Crippen LogP contribution in [0.15, 0.2) is 24.3 Å². The van der Waals surface area contributed by atoms with E-state index in [0.29, 0.717) is 13.1 Å². The molecule has 0 aromatic heterocycles. The third kappa shape index (κ3) is 5.69. The average Bonchev–Trinajstić information content (AvgIpc) is 3.52. The van der Waals surface area contributed by atoms with Crippen molar-refractivity contribution in [1.82, 2.24) is 9.80 Å². The maximum absolute atomic E-state index is 13.9. The van der Waals surface area contributed by atoms with Crippen molar-refractivity contribution in [3.05, 3.63) is 35.6 Å². The highest BCUT2D eigenvalue weighted by molar-refractivity contribution is 5.94. The molecule has 3 aliphatic rings. The Labute approximate surface area is 171 Å². The molecule has 1 amide bonds. The average molecular weight is 432 g/mol. The van der Waals surface area contributed by atoms with Gasteiger partial charge in [0.25, 0.3) is 5.91 Å². The van der Waals surface area contributed by atoms with E-state index in [9.17, 15) is 22.4 Å². The van der Waals surface area contributed by atoms with Gasteiger partial charge in [-0.25, -0.2) is 9.18 Å². The maximum Gasteiger partial charge on any atom is 0.490 e. The first kappa shape index (κ1) is 22.5. The second-order valence-electron chi connectivity index (χ2n) is 7.74. The minimum absolute atomic E-state index is 0.177. The summed E-state index contributed by atoms with van der Waals surface area (Å²) in [6.45, 7) is 4.14. The summed E-state index contributed by atoms with van der Waals surface area (Å²) >= 11 is 0. The number of ether oxygens (including phenoxy) is 1. The predicted octanol–water partition coefficient (Wildman–Crippen LogP) is 2.78. The number of fused-ring (bicyclic) bond motifs is 1. The van der Waals surface area contributed by atoms with Gasteiger partial charge in [-0.15, -0.1) is 0 Å². The molecule has 2 atom stereocenters. The van der Waals surface area contributed by atoms with Gasteiger partial charge in [0.15, 0.2) is 0 Å². The van der Waals surface area contributed by atoms with Crippen LogP contribution < -0.4 is 0 Å².